The number of aromatic nitrogens is 1. The van der Waals surface area contributed by atoms with Crippen molar-refractivity contribution in [2.24, 2.45) is 5.73 Å². The van der Waals surface area contributed by atoms with Crippen LogP contribution >= 0.6 is 0 Å². The van der Waals surface area contributed by atoms with Crippen molar-refractivity contribution in [1.29, 1.82) is 0 Å². The van der Waals surface area contributed by atoms with Crippen LogP contribution in [0.2, 0.25) is 0 Å². The van der Waals surface area contributed by atoms with E-state index in [1.165, 1.54) is 12.1 Å². The predicted octanol–water partition coefficient (Wildman–Crippen LogP) is 3.95. The zero-order valence-corrected chi connectivity index (χ0v) is 22.6. The maximum absolute atomic E-state index is 14.3. The Kier molecular flexibility index (Phi) is 9.59. The van der Waals surface area contributed by atoms with Gasteiger partial charge in [0.25, 0.3) is 5.91 Å². The number of sulfonamides is 1. The molecule has 1 aliphatic rings. The highest BCUT2D eigenvalue weighted by atomic mass is 32.2. The number of nitrogens with one attached hydrogen (secondary N) is 2. The topological polar surface area (TPSA) is 146 Å². The molecule has 1 aromatic heterocycles. The second-order valence-corrected chi connectivity index (χ2v) is 11.6. The number of hydrogen-bond donors (Lipinski definition) is 4. The average Bonchev–Trinajstić information content (AvgIpc) is 3.32. The predicted molar refractivity (Wildman–Crippen MR) is 142 cm³/mol. The largest absolute Gasteiger partial charge is 0.490 e. The Morgan fingerprint density at radius 1 is 1.12 bits per heavy atom. The smallest absolute Gasteiger partial charge is 0.475 e. The molecular formula is C26H30F4N4O5S. The number of aromatic amines is 1. The van der Waals surface area contributed by atoms with E-state index in [-0.39, 0.29) is 17.5 Å². The molecule has 0 aliphatic carbocycles. The summed E-state index contributed by atoms with van der Waals surface area (Å²) in [5.74, 6) is -3.43. The van der Waals surface area contributed by atoms with Crippen molar-refractivity contribution >= 4 is 32.8 Å². The summed E-state index contributed by atoms with van der Waals surface area (Å²) in [6, 6.07) is 8.48. The molecule has 0 saturated carbocycles. The van der Waals surface area contributed by atoms with Crippen LogP contribution in [0, 0.1) is 5.82 Å². The van der Waals surface area contributed by atoms with Crippen molar-refractivity contribution in [3.8, 4) is 11.1 Å². The SMILES string of the molecule is CCS(=O)(=O)N1CCC(c2c[nH]c3c(C(N)=O)cc(-c4cc(F)cc(CNC)c4)cc23)CC1.O=C(O)C(F)(F)F. The Balaban J connectivity index is 0.000000559. The van der Waals surface area contributed by atoms with Gasteiger partial charge in [-0.1, -0.05) is 0 Å². The van der Waals surface area contributed by atoms with E-state index in [0.717, 1.165) is 16.5 Å². The third-order valence-electron chi connectivity index (χ3n) is 6.65. The number of fused-ring (bicyclic) bond motifs is 1. The molecule has 14 heteroatoms. The van der Waals surface area contributed by atoms with E-state index >= 15 is 0 Å². The molecule has 1 aliphatic heterocycles. The molecule has 2 heterocycles. The summed E-state index contributed by atoms with van der Waals surface area (Å²) in [7, 11) is -1.41. The van der Waals surface area contributed by atoms with E-state index in [9.17, 15) is 30.8 Å². The highest BCUT2D eigenvalue weighted by molar-refractivity contribution is 7.89. The number of benzene rings is 2. The fourth-order valence-corrected chi connectivity index (χ4v) is 5.83. The first kappa shape index (κ1) is 31.0. The molecule has 0 bridgehead atoms. The van der Waals surface area contributed by atoms with E-state index in [1.807, 2.05) is 18.3 Å². The van der Waals surface area contributed by atoms with Gasteiger partial charge < -0.3 is 21.1 Å². The third kappa shape index (κ3) is 7.17. The zero-order chi connectivity index (χ0) is 29.8. The van der Waals surface area contributed by atoms with E-state index in [4.69, 9.17) is 15.6 Å². The number of primary amides is 1. The molecule has 3 aromatic rings. The van der Waals surface area contributed by atoms with E-state index in [0.29, 0.717) is 54.7 Å². The number of aliphatic carboxylic acids is 1. The summed E-state index contributed by atoms with van der Waals surface area (Å²) < 4.78 is 72.0. The Labute approximate surface area is 228 Å². The fourth-order valence-electron chi connectivity index (χ4n) is 4.70. The van der Waals surface area contributed by atoms with Crippen LogP contribution in [0.5, 0.6) is 0 Å². The van der Waals surface area contributed by atoms with Gasteiger partial charge in [-0.25, -0.2) is 21.9 Å². The Hall–Kier alpha value is -3.49. The molecule has 218 valence electrons. The molecule has 1 saturated heterocycles. The molecule has 9 nitrogen and oxygen atoms in total. The molecule has 1 amide bonds. The van der Waals surface area contributed by atoms with Crippen LogP contribution in [-0.4, -0.2) is 66.8 Å². The van der Waals surface area contributed by atoms with Gasteiger partial charge in [0.15, 0.2) is 0 Å². The van der Waals surface area contributed by atoms with E-state index in [1.54, 1.807) is 24.3 Å². The van der Waals surface area contributed by atoms with Crippen molar-refractivity contribution in [1.82, 2.24) is 14.6 Å². The van der Waals surface area contributed by atoms with Crippen LogP contribution in [-0.2, 0) is 21.4 Å². The Morgan fingerprint density at radius 2 is 1.73 bits per heavy atom. The third-order valence-corrected chi connectivity index (χ3v) is 8.53. The van der Waals surface area contributed by atoms with E-state index < -0.39 is 28.1 Å². The van der Waals surface area contributed by atoms with Gasteiger partial charge in [-0.15, -0.1) is 0 Å². The number of carboxylic acids is 1. The first-order valence-electron chi connectivity index (χ1n) is 12.3. The minimum atomic E-state index is -5.08. The first-order chi connectivity index (χ1) is 18.7. The lowest BCUT2D eigenvalue weighted by molar-refractivity contribution is -0.192. The van der Waals surface area contributed by atoms with E-state index in [2.05, 4.69) is 10.3 Å². The van der Waals surface area contributed by atoms with Crippen LogP contribution in [0.1, 0.15) is 47.2 Å². The number of halogens is 4. The van der Waals surface area contributed by atoms with Gasteiger partial charge >= 0.3 is 12.1 Å². The van der Waals surface area contributed by atoms with Crippen molar-refractivity contribution in [3.05, 3.63) is 59.0 Å². The van der Waals surface area contributed by atoms with Crippen molar-refractivity contribution in [2.75, 3.05) is 25.9 Å². The summed E-state index contributed by atoms with van der Waals surface area (Å²) in [5, 5.41) is 11.0. The number of carbonyl (C=O) groups is 2. The van der Waals surface area contributed by atoms with Crippen LogP contribution in [0.15, 0.2) is 36.5 Å². The number of rotatable bonds is 7. The zero-order valence-electron chi connectivity index (χ0n) is 21.8. The summed E-state index contributed by atoms with van der Waals surface area (Å²) in [5.41, 5.74) is 9.88. The number of carbonyl (C=O) groups excluding carboxylic acids is 1. The number of hydrogen-bond acceptors (Lipinski definition) is 5. The number of nitrogens with zero attached hydrogens (tertiary/aromatic N) is 1. The van der Waals surface area contributed by atoms with Crippen LogP contribution in [0.4, 0.5) is 17.6 Å². The second kappa shape index (κ2) is 12.4. The Bertz CT molecular complexity index is 1500. The number of amides is 1. The second-order valence-electron chi connectivity index (χ2n) is 9.31. The quantitative estimate of drug-likeness (QED) is 0.309. The molecule has 40 heavy (non-hydrogen) atoms. The summed E-state index contributed by atoms with van der Waals surface area (Å²) >= 11 is 0. The lowest BCUT2D eigenvalue weighted by Crippen LogP contribution is -2.38. The van der Waals surface area contributed by atoms with Crippen molar-refractivity contribution in [2.45, 2.75) is 38.4 Å². The number of H-pyrrole nitrogens is 1. The van der Waals surface area contributed by atoms with Gasteiger partial charge in [0, 0.05) is 31.2 Å². The van der Waals surface area contributed by atoms with Gasteiger partial charge in [0.2, 0.25) is 10.0 Å². The number of piperidine rings is 1. The van der Waals surface area contributed by atoms with Crippen molar-refractivity contribution < 1.29 is 40.7 Å². The highest BCUT2D eigenvalue weighted by Gasteiger charge is 2.38. The van der Waals surface area contributed by atoms with Gasteiger partial charge in [-0.3, -0.25) is 4.79 Å². The molecule has 4 rings (SSSR count). The number of carboxylic acid groups (broad SMARTS) is 1. The van der Waals surface area contributed by atoms with Gasteiger partial charge in [0.05, 0.1) is 16.8 Å². The van der Waals surface area contributed by atoms with Crippen LogP contribution in [0.25, 0.3) is 22.0 Å². The minimum absolute atomic E-state index is 0.0965. The van der Waals surface area contributed by atoms with Gasteiger partial charge in [0.1, 0.15) is 5.82 Å². The van der Waals surface area contributed by atoms with Crippen LogP contribution in [0.3, 0.4) is 0 Å². The number of alkyl halides is 3. The van der Waals surface area contributed by atoms with Gasteiger partial charge in [-0.2, -0.15) is 13.2 Å². The molecule has 5 N–H and O–H groups in total. The number of nitrogens with two attached hydrogens (primary N) is 1. The summed E-state index contributed by atoms with van der Waals surface area (Å²) in [6.07, 6.45) is -1.82. The van der Waals surface area contributed by atoms with Crippen LogP contribution < -0.4 is 11.1 Å². The lowest BCUT2D eigenvalue weighted by Gasteiger charge is -2.31. The highest BCUT2D eigenvalue weighted by Crippen LogP contribution is 2.37. The normalized spacial score (nSPS) is 15.1. The maximum atomic E-state index is 14.3. The summed E-state index contributed by atoms with van der Waals surface area (Å²) in [4.78, 5) is 24.3. The lowest BCUT2D eigenvalue weighted by atomic mass is 9.88. The average molecular weight is 587 g/mol. The molecule has 0 atom stereocenters. The van der Waals surface area contributed by atoms with Gasteiger partial charge in [-0.05, 0) is 85.3 Å². The minimum Gasteiger partial charge on any atom is -0.475 e. The monoisotopic (exact) mass is 586 g/mol. The standard InChI is InChI=1S/C24H29FN4O3S.C2HF3O2/c1-3-33(31,32)29-6-4-16(5-7-29)22-14-28-23-20(22)11-18(12-21(23)24(26)30)17-8-15(13-27-2)9-19(25)10-17;3-2(4,5)1(6)7/h8-12,14,16,27-28H,3-7,13H2,1-2H3,(H2,26,30);(H,6,7). The fraction of sp³-hybridized carbons (Fsp3) is 0.385. The molecule has 0 spiro atoms. The summed E-state index contributed by atoms with van der Waals surface area (Å²) in [6.45, 7) is 3.10. The molecule has 2 aromatic carbocycles. The first-order valence-corrected chi connectivity index (χ1v) is 14.0. The molecule has 0 radical (unpaired) electrons. The Morgan fingerprint density at radius 3 is 2.25 bits per heavy atom. The maximum Gasteiger partial charge on any atom is 0.490 e. The molecular weight excluding hydrogens is 556 g/mol. The van der Waals surface area contributed by atoms with Crippen molar-refractivity contribution in [3.63, 3.8) is 0 Å². The molecule has 1 fully saturated rings. The molecule has 0 unspecified atom stereocenters.